The molecule has 3 aromatic rings. The number of esters is 1. The number of carbonyl (C=O) groups is 1. The number of cyclic esters (lactones) is 1. The minimum atomic E-state index is -0.328. The van der Waals surface area contributed by atoms with Crippen LogP contribution in [0.15, 0.2) is 54.6 Å². The predicted octanol–water partition coefficient (Wildman–Crippen LogP) is 4.03. The summed E-state index contributed by atoms with van der Waals surface area (Å²) in [6.45, 7) is 3.93. The van der Waals surface area contributed by atoms with Crippen molar-refractivity contribution in [1.29, 1.82) is 0 Å². The van der Waals surface area contributed by atoms with Crippen LogP contribution in [0, 0.1) is 6.92 Å². The molecule has 0 spiro atoms. The molecule has 0 aliphatic carbocycles. The molecule has 126 valence electrons. The van der Waals surface area contributed by atoms with Crippen molar-refractivity contribution in [2.75, 3.05) is 5.32 Å². The normalized spacial score (nSPS) is 16.2. The summed E-state index contributed by atoms with van der Waals surface area (Å²) < 4.78 is 7.22. The first-order valence-corrected chi connectivity index (χ1v) is 8.34. The lowest BCUT2D eigenvalue weighted by atomic mass is 10.1. The van der Waals surface area contributed by atoms with E-state index in [1.807, 2.05) is 68.4 Å². The van der Waals surface area contributed by atoms with E-state index >= 15 is 0 Å². The molecule has 25 heavy (non-hydrogen) atoms. The molecule has 2 aromatic carbocycles. The predicted molar refractivity (Wildman–Crippen MR) is 96.6 cm³/mol. The van der Waals surface area contributed by atoms with Crippen molar-refractivity contribution in [3.63, 3.8) is 0 Å². The molecule has 0 amide bonds. The van der Waals surface area contributed by atoms with E-state index in [4.69, 9.17) is 9.84 Å². The third-order valence-electron chi connectivity index (χ3n) is 4.27. The second-order valence-corrected chi connectivity index (χ2v) is 6.33. The molecular formula is C20H19N3O2. The summed E-state index contributed by atoms with van der Waals surface area (Å²) in [6, 6.07) is 17.8. The van der Waals surface area contributed by atoms with Gasteiger partial charge in [0.15, 0.2) is 0 Å². The Morgan fingerprint density at radius 3 is 2.56 bits per heavy atom. The summed E-state index contributed by atoms with van der Waals surface area (Å²) >= 11 is 0. The molecule has 2 heterocycles. The molecule has 5 nitrogen and oxygen atoms in total. The average molecular weight is 333 g/mol. The lowest BCUT2D eigenvalue weighted by Gasteiger charge is -2.18. The zero-order valence-corrected chi connectivity index (χ0v) is 14.2. The molecule has 1 aromatic heterocycles. The van der Waals surface area contributed by atoms with Gasteiger partial charge in [0.2, 0.25) is 0 Å². The minimum absolute atomic E-state index is 0.161. The molecule has 0 bridgehead atoms. The number of aryl methyl sites for hydroxylation is 1. The van der Waals surface area contributed by atoms with Crippen molar-refractivity contribution >= 4 is 17.5 Å². The number of aromatic nitrogens is 2. The van der Waals surface area contributed by atoms with Crippen LogP contribution in [0.1, 0.15) is 28.5 Å². The molecule has 1 aliphatic rings. The summed E-state index contributed by atoms with van der Waals surface area (Å²) in [7, 11) is 0. The number of anilines is 2. The van der Waals surface area contributed by atoms with Crippen LogP contribution >= 0.6 is 0 Å². The Morgan fingerprint density at radius 1 is 1.12 bits per heavy atom. The fourth-order valence-electron chi connectivity index (χ4n) is 3.02. The van der Waals surface area contributed by atoms with Crippen LogP contribution in [0.4, 0.5) is 11.5 Å². The zero-order chi connectivity index (χ0) is 17.4. The van der Waals surface area contributed by atoms with E-state index in [0.717, 1.165) is 17.1 Å². The molecule has 0 saturated carbocycles. The van der Waals surface area contributed by atoms with E-state index in [9.17, 15) is 4.79 Å². The van der Waals surface area contributed by atoms with Crippen molar-refractivity contribution < 1.29 is 9.53 Å². The first-order valence-electron chi connectivity index (χ1n) is 8.34. The summed E-state index contributed by atoms with van der Waals surface area (Å²) in [5, 5.41) is 8.04. The first kappa shape index (κ1) is 15.4. The highest BCUT2D eigenvalue weighted by Gasteiger charge is 2.32. The third-order valence-corrected chi connectivity index (χ3v) is 4.27. The molecule has 0 fully saturated rings. The van der Waals surface area contributed by atoms with Crippen molar-refractivity contribution in [3.05, 3.63) is 71.4 Å². The fourth-order valence-corrected chi connectivity index (χ4v) is 3.02. The quantitative estimate of drug-likeness (QED) is 0.735. The van der Waals surface area contributed by atoms with Gasteiger partial charge in [-0.3, -0.25) is 0 Å². The van der Waals surface area contributed by atoms with Crippen molar-refractivity contribution in [3.8, 4) is 5.69 Å². The van der Waals surface area contributed by atoms with Crippen LogP contribution in [0.3, 0.4) is 0 Å². The van der Waals surface area contributed by atoms with Gasteiger partial charge < -0.3 is 10.1 Å². The van der Waals surface area contributed by atoms with E-state index in [1.165, 1.54) is 5.56 Å². The smallest absolute Gasteiger partial charge is 0.344 e. The number of nitrogens with zero attached hydrogens (tertiary/aromatic N) is 2. The Bertz CT molecular complexity index is 914. The Hall–Kier alpha value is -3.08. The maximum atomic E-state index is 12.5. The summed E-state index contributed by atoms with van der Waals surface area (Å²) in [5.74, 6) is 0.312. The number of benzene rings is 2. The zero-order valence-electron chi connectivity index (χ0n) is 14.2. The van der Waals surface area contributed by atoms with Gasteiger partial charge in [0.1, 0.15) is 17.5 Å². The lowest BCUT2D eigenvalue weighted by Crippen LogP contribution is -2.25. The Labute approximate surface area is 146 Å². The second kappa shape index (κ2) is 6.09. The number of nitrogens with one attached hydrogen (secondary N) is 1. The number of hydrogen-bond donors (Lipinski definition) is 1. The Kier molecular flexibility index (Phi) is 3.76. The van der Waals surface area contributed by atoms with Gasteiger partial charge in [0.05, 0.1) is 11.4 Å². The minimum Gasteiger partial charge on any atom is -0.459 e. The summed E-state index contributed by atoms with van der Waals surface area (Å²) in [5.41, 5.74) is 4.25. The van der Waals surface area contributed by atoms with Gasteiger partial charge in [-0.1, -0.05) is 35.9 Å². The Balaban J connectivity index is 1.86. The number of hydrogen-bond acceptors (Lipinski definition) is 4. The largest absolute Gasteiger partial charge is 0.459 e. The van der Waals surface area contributed by atoms with E-state index in [1.54, 1.807) is 4.68 Å². The van der Waals surface area contributed by atoms with Gasteiger partial charge in [-0.05, 0) is 38.1 Å². The molecule has 1 unspecified atom stereocenters. The van der Waals surface area contributed by atoms with Gasteiger partial charge in [-0.15, -0.1) is 0 Å². The molecule has 1 atom stereocenters. The van der Waals surface area contributed by atoms with Crippen molar-refractivity contribution in [2.24, 2.45) is 0 Å². The molecule has 5 heteroatoms. The van der Waals surface area contributed by atoms with Crippen LogP contribution in [-0.4, -0.2) is 21.9 Å². The van der Waals surface area contributed by atoms with E-state index in [-0.39, 0.29) is 12.1 Å². The molecule has 1 aliphatic heterocycles. The topological polar surface area (TPSA) is 56.2 Å². The maximum absolute atomic E-state index is 12.5. The third kappa shape index (κ3) is 2.89. The second-order valence-electron chi connectivity index (χ2n) is 6.33. The van der Waals surface area contributed by atoms with Crippen LogP contribution in [0.2, 0.25) is 0 Å². The lowest BCUT2D eigenvalue weighted by molar-refractivity contribution is 0.0301. The number of para-hydroxylation sites is 1. The average Bonchev–Trinajstić information content (AvgIpc) is 2.95. The van der Waals surface area contributed by atoms with Crippen molar-refractivity contribution in [1.82, 2.24) is 9.78 Å². The summed E-state index contributed by atoms with van der Waals surface area (Å²) in [6.07, 6.45) is 0.453. The molecular weight excluding hydrogens is 314 g/mol. The van der Waals surface area contributed by atoms with E-state index < -0.39 is 0 Å². The standard InChI is InChI=1S/C20H19N3O2/c1-13-8-10-16(11-9-13)23-19(21-15-6-4-3-5-7-15)18-17(22-23)12-14(2)25-20(18)24/h3-11,14,21H,12H2,1-2H3. The van der Waals surface area contributed by atoms with Crippen LogP contribution in [-0.2, 0) is 11.2 Å². The highest BCUT2D eigenvalue weighted by Crippen LogP contribution is 2.31. The van der Waals surface area contributed by atoms with Gasteiger partial charge in [-0.2, -0.15) is 5.10 Å². The number of rotatable bonds is 3. The van der Waals surface area contributed by atoms with Gasteiger partial charge >= 0.3 is 5.97 Å². The van der Waals surface area contributed by atoms with Gasteiger partial charge in [0.25, 0.3) is 0 Å². The Morgan fingerprint density at radius 2 is 1.84 bits per heavy atom. The first-order chi connectivity index (χ1) is 12.1. The SMILES string of the molecule is Cc1ccc(-n2nc3c(c2Nc2ccccc2)C(=O)OC(C)C3)cc1. The fraction of sp³-hybridized carbons (Fsp3) is 0.200. The van der Waals surface area contributed by atoms with E-state index in [0.29, 0.717) is 17.8 Å². The summed E-state index contributed by atoms with van der Waals surface area (Å²) in [4.78, 5) is 12.5. The van der Waals surface area contributed by atoms with Crippen LogP contribution in [0.5, 0.6) is 0 Å². The molecule has 4 rings (SSSR count). The van der Waals surface area contributed by atoms with Gasteiger partial charge in [0, 0.05) is 12.1 Å². The van der Waals surface area contributed by atoms with Crippen molar-refractivity contribution in [2.45, 2.75) is 26.4 Å². The maximum Gasteiger partial charge on any atom is 0.344 e. The number of fused-ring (bicyclic) bond motifs is 1. The highest BCUT2D eigenvalue weighted by molar-refractivity contribution is 5.98. The van der Waals surface area contributed by atoms with E-state index in [2.05, 4.69) is 5.32 Å². The molecule has 0 saturated heterocycles. The number of carbonyl (C=O) groups excluding carboxylic acids is 1. The van der Waals surface area contributed by atoms with Crippen LogP contribution in [0.25, 0.3) is 5.69 Å². The molecule has 1 N–H and O–H groups in total. The molecule has 0 radical (unpaired) electrons. The number of ether oxygens (including phenoxy) is 1. The van der Waals surface area contributed by atoms with Crippen LogP contribution < -0.4 is 5.32 Å². The monoisotopic (exact) mass is 333 g/mol. The highest BCUT2D eigenvalue weighted by atomic mass is 16.5. The van der Waals surface area contributed by atoms with Gasteiger partial charge in [-0.25, -0.2) is 9.48 Å².